The second kappa shape index (κ2) is 23.3. The van der Waals surface area contributed by atoms with E-state index in [0.29, 0.717) is 48.2 Å². The lowest BCUT2D eigenvalue weighted by molar-refractivity contribution is -0.256. The molecule has 0 saturated heterocycles. The maximum atomic E-state index is 15.1. The number of rotatable bonds is 23. The van der Waals surface area contributed by atoms with Crippen molar-refractivity contribution >= 4 is 11.8 Å². The van der Waals surface area contributed by atoms with Crippen LogP contribution in [0.15, 0.2) is 114 Å². The van der Waals surface area contributed by atoms with Gasteiger partial charge in [0, 0.05) is 43.4 Å². The van der Waals surface area contributed by atoms with E-state index in [-0.39, 0.29) is 77.2 Å². The van der Waals surface area contributed by atoms with E-state index in [0.717, 1.165) is 59.3 Å². The predicted molar refractivity (Wildman–Crippen MR) is 265 cm³/mol. The Bertz CT molecular complexity index is 2450. The summed E-state index contributed by atoms with van der Waals surface area (Å²) in [6.45, 7) is 13.2. The number of nitrogens with zero attached hydrogens (tertiary/aromatic N) is 3. The van der Waals surface area contributed by atoms with Crippen molar-refractivity contribution in [2.75, 3.05) is 39.8 Å². The normalized spacial score (nSPS) is 22.6. The van der Waals surface area contributed by atoms with Gasteiger partial charge in [-0.15, -0.1) is 6.58 Å². The molecule has 0 radical (unpaired) electrons. The summed E-state index contributed by atoms with van der Waals surface area (Å²) in [6, 6.07) is 26.5. The molecule has 1 aromatic heterocycles. The Morgan fingerprint density at radius 3 is 2.46 bits per heavy atom. The minimum atomic E-state index is -1.52. The lowest BCUT2D eigenvalue weighted by Crippen LogP contribution is -2.70. The molecule has 6 atom stereocenters. The van der Waals surface area contributed by atoms with Gasteiger partial charge in [0.1, 0.15) is 36.4 Å². The van der Waals surface area contributed by atoms with E-state index in [1.54, 1.807) is 11.0 Å². The molecule has 2 N–H and O–H groups in total. The summed E-state index contributed by atoms with van der Waals surface area (Å²) in [5.74, 6) is 0.219. The van der Waals surface area contributed by atoms with Crippen LogP contribution in [0.5, 0.6) is 23.0 Å². The van der Waals surface area contributed by atoms with Crippen molar-refractivity contribution < 1.29 is 53.0 Å². The largest absolute Gasteiger partial charge is 0.487 e. The maximum absolute atomic E-state index is 15.1. The Labute approximate surface area is 412 Å². The van der Waals surface area contributed by atoms with E-state index in [9.17, 15) is 10.2 Å². The van der Waals surface area contributed by atoms with Crippen molar-refractivity contribution in [2.24, 2.45) is 22.9 Å². The number of unbranched alkanes of at least 4 members (excludes halogenated alkanes) is 2. The van der Waals surface area contributed by atoms with E-state index in [1.165, 1.54) is 0 Å². The highest BCUT2D eigenvalue weighted by atomic mass is 16.7. The zero-order chi connectivity index (χ0) is 49.1. The summed E-state index contributed by atoms with van der Waals surface area (Å²) in [6.07, 6.45) is 8.12. The van der Waals surface area contributed by atoms with Gasteiger partial charge in [0.05, 0.1) is 37.1 Å². The number of hydrogen-bond donors (Lipinski definition) is 2. The smallest absolute Gasteiger partial charge is 0.410 e. The van der Waals surface area contributed by atoms with Gasteiger partial charge in [-0.2, -0.15) is 0 Å². The number of amides is 1. The van der Waals surface area contributed by atoms with Crippen LogP contribution >= 0.6 is 0 Å². The summed E-state index contributed by atoms with van der Waals surface area (Å²) in [4.78, 5) is 27.8. The highest BCUT2D eigenvalue weighted by Gasteiger charge is 2.66. The first-order valence-electron chi connectivity index (χ1n) is 24.8. The van der Waals surface area contributed by atoms with Crippen LogP contribution in [0.25, 0.3) is 0 Å². The third-order valence-corrected chi connectivity index (χ3v) is 13.4. The van der Waals surface area contributed by atoms with Gasteiger partial charge < -0.3 is 48.2 Å². The summed E-state index contributed by atoms with van der Waals surface area (Å²) >= 11 is 0. The second-order valence-corrected chi connectivity index (χ2v) is 19.5. The second-order valence-electron chi connectivity index (χ2n) is 19.5. The molecular formula is C56H69N3O11. The number of benzene rings is 3. The number of aromatic nitrogens is 1. The molecule has 0 spiro atoms. The number of carbonyl (C=O) groups is 1. The number of aryl methyl sites for hydroxylation is 1. The first-order chi connectivity index (χ1) is 34.0. The number of carbonyl (C=O) groups excluding carboxylic acids is 1. The molecule has 0 bridgehead atoms. The van der Waals surface area contributed by atoms with Crippen LogP contribution in [0, 0.1) is 24.7 Å². The molecule has 3 aromatic carbocycles. The number of ether oxygens (including phenoxy) is 7. The molecular weight excluding hydrogens is 891 g/mol. The Balaban J connectivity index is 1.27. The molecule has 1 amide bonds. The molecule has 14 heteroatoms. The standard InChI is InChI=1S/C56H69N3O11/c1-6-27-68-56-51(59(34-40-21-23-49-50(30-40)67-37-66-49)54(62)64-29-28-63-35-39-16-8-7-9-17-39)33-47(58-70-55(3,4)5)45-31-41(18-10-12-25-60)44(20-11-13-26-61)52(53(45)56)46-32-43(22-24-48(46)69-56)65-36-42-19-14-15-38(2)57-42/h6-9,14-17,19,21-24,30-32,41,44,51-53,60-61H,1,10-13,18,20,25-29,33-37H2,2-5H3. The van der Waals surface area contributed by atoms with Gasteiger partial charge >= 0.3 is 6.09 Å². The monoisotopic (exact) mass is 959 g/mol. The van der Waals surface area contributed by atoms with Crippen molar-refractivity contribution in [3.05, 3.63) is 137 Å². The van der Waals surface area contributed by atoms with Gasteiger partial charge in [0.2, 0.25) is 12.6 Å². The van der Waals surface area contributed by atoms with Crippen LogP contribution in [0.3, 0.4) is 0 Å². The molecule has 8 rings (SSSR count). The van der Waals surface area contributed by atoms with Crippen LogP contribution < -0.4 is 18.9 Å². The van der Waals surface area contributed by atoms with Gasteiger partial charge in [0.25, 0.3) is 0 Å². The fraction of sp³-hybridized carbons (Fsp3) is 0.482. The Morgan fingerprint density at radius 1 is 0.900 bits per heavy atom. The van der Waals surface area contributed by atoms with E-state index >= 15 is 4.79 Å². The van der Waals surface area contributed by atoms with Crippen LogP contribution in [0.2, 0.25) is 0 Å². The molecule has 2 aliphatic heterocycles. The molecule has 6 unspecified atom stereocenters. The van der Waals surface area contributed by atoms with Crippen LogP contribution in [0.4, 0.5) is 4.79 Å². The molecule has 4 aromatic rings. The summed E-state index contributed by atoms with van der Waals surface area (Å²) in [7, 11) is 0. The summed E-state index contributed by atoms with van der Waals surface area (Å²) in [5.41, 5.74) is 5.41. The van der Waals surface area contributed by atoms with E-state index in [4.69, 9.17) is 43.2 Å². The fourth-order valence-electron chi connectivity index (χ4n) is 10.3. The quantitative estimate of drug-likeness (QED) is 0.0412. The minimum Gasteiger partial charge on any atom is -0.487 e. The molecule has 3 heterocycles. The fourth-order valence-corrected chi connectivity index (χ4v) is 10.3. The third kappa shape index (κ3) is 12.0. The highest BCUT2D eigenvalue weighted by Crippen LogP contribution is 2.62. The summed E-state index contributed by atoms with van der Waals surface area (Å²) < 4.78 is 44.8. The number of fused-ring (bicyclic) bond motifs is 3. The van der Waals surface area contributed by atoms with Crippen molar-refractivity contribution in [3.8, 4) is 23.0 Å². The average Bonchev–Trinajstić information content (AvgIpc) is 3.83. The van der Waals surface area contributed by atoms with Gasteiger partial charge in [0.15, 0.2) is 11.5 Å². The number of oxime groups is 1. The molecule has 2 aliphatic carbocycles. The molecule has 1 saturated carbocycles. The van der Waals surface area contributed by atoms with E-state index < -0.39 is 29.4 Å². The lowest BCUT2D eigenvalue weighted by Gasteiger charge is -2.60. The first-order valence-corrected chi connectivity index (χ1v) is 24.8. The topological polar surface area (TPSA) is 160 Å². The van der Waals surface area contributed by atoms with E-state index in [1.807, 2.05) is 107 Å². The van der Waals surface area contributed by atoms with Crippen molar-refractivity contribution in [2.45, 2.75) is 116 Å². The van der Waals surface area contributed by atoms with E-state index in [2.05, 4.69) is 23.7 Å². The third-order valence-electron chi connectivity index (χ3n) is 13.4. The molecule has 70 heavy (non-hydrogen) atoms. The number of allylic oxidation sites excluding steroid dienone is 1. The molecule has 4 aliphatic rings. The van der Waals surface area contributed by atoms with Crippen molar-refractivity contribution in [3.63, 3.8) is 0 Å². The molecule has 14 nitrogen and oxygen atoms in total. The zero-order valence-corrected chi connectivity index (χ0v) is 41.1. The lowest BCUT2D eigenvalue weighted by atomic mass is 9.55. The highest BCUT2D eigenvalue weighted by molar-refractivity contribution is 6.03. The SMILES string of the molecule is C=CCOC12Oc3ccc(OCc4cccc(C)n4)cc3C3C(CCCCO)C(CCCCO)C=C(C(=NOC(C)(C)C)CC1N(Cc1ccc4c(c1)OCO4)C(=O)OCCOCc1ccccc1)C32. The van der Waals surface area contributed by atoms with Crippen molar-refractivity contribution in [1.29, 1.82) is 0 Å². The maximum Gasteiger partial charge on any atom is 0.410 e. The Kier molecular flexibility index (Phi) is 16.8. The Hall–Kier alpha value is -5.93. The number of hydrogen-bond acceptors (Lipinski definition) is 13. The van der Waals surface area contributed by atoms with Crippen LogP contribution in [-0.2, 0) is 38.8 Å². The van der Waals surface area contributed by atoms with Gasteiger partial charge in [-0.3, -0.25) is 9.88 Å². The zero-order valence-electron chi connectivity index (χ0n) is 41.1. The minimum absolute atomic E-state index is 0.00514. The summed E-state index contributed by atoms with van der Waals surface area (Å²) in [5, 5.41) is 25.1. The molecule has 374 valence electrons. The van der Waals surface area contributed by atoms with Crippen LogP contribution in [0.1, 0.15) is 99.7 Å². The van der Waals surface area contributed by atoms with Crippen LogP contribution in [-0.4, -0.2) is 89.2 Å². The van der Waals surface area contributed by atoms with Gasteiger partial charge in [-0.25, -0.2) is 4.79 Å². The number of pyridine rings is 1. The number of aliphatic hydroxyl groups is 2. The van der Waals surface area contributed by atoms with Gasteiger partial charge in [-0.1, -0.05) is 72.6 Å². The predicted octanol–water partition coefficient (Wildman–Crippen LogP) is 9.99. The number of aliphatic hydroxyl groups excluding tert-OH is 2. The average molecular weight is 960 g/mol. The van der Waals surface area contributed by atoms with Crippen molar-refractivity contribution in [1.82, 2.24) is 9.88 Å². The Morgan fingerprint density at radius 2 is 1.69 bits per heavy atom. The first kappa shape index (κ1) is 50.5. The molecule has 1 fully saturated rings. The van der Waals surface area contributed by atoms with Gasteiger partial charge in [-0.05, 0) is 124 Å².